The zero-order valence-electron chi connectivity index (χ0n) is 10.0. The molecule has 1 saturated heterocycles. The molecule has 1 aliphatic heterocycles. The highest BCUT2D eigenvalue weighted by Crippen LogP contribution is 2.31. The summed E-state index contributed by atoms with van der Waals surface area (Å²) < 4.78 is 7.11. The summed E-state index contributed by atoms with van der Waals surface area (Å²) in [6.07, 6.45) is 4.39. The molecule has 2 rings (SSSR count). The molecular weight excluding hydrogens is 300 g/mol. The van der Waals surface area contributed by atoms with Crippen LogP contribution in [0.1, 0.15) is 31.1 Å². The van der Waals surface area contributed by atoms with Gasteiger partial charge in [-0.05, 0) is 54.2 Å². The van der Waals surface area contributed by atoms with Crippen LogP contribution in [0.3, 0.4) is 0 Å². The van der Waals surface area contributed by atoms with Gasteiger partial charge in [0.2, 0.25) is 0 Å². The maximum absolute atomic E-state index is 5.95. The maximum atomic E-state index is 5.95. The number of rotatable bonds is 4. The summed E-state index contributed by atoms with van der Waals surface area (Å²) in [4.78, 5) is 1.33. The Hall–Kier alpha value is 0.0600. The largest absolute Gasteiger partial charge is 0.374 e. The predicted octanol–water partition coefficient (Wildman–Crippen LogP) is 2.84. The van der Waals surface area contributed by atoms with Gasteiger partial charge in [-0.2, -0.15) is 0 Å². The quantitative estimate of drug-likeness (QED) is 0.663. The van der Waals surface area contributed by atoms with Gasteiger partial charge in [0.25, 0.3) is 0 Å². The van der Waals surface area contributed by atoms with Crippen LogP contribution in [0.5, 0.6) is 0 Å². The molecular formula is C12H19BrN2OS. The van der Waals surface area contributed by atoms with Crippen molar-refractivity contribution < 1.29 is 4.74 Å². The van der Waals surface area contributed by atoms with Gasteiger partial charge in [0.15, 0.2) is 0 Å². The lowest BCUT2D eigenvalue weighted by atomic mass is 9.86. The average Bonchev–Trinajstić information content (AvgIpc) is 2.72. The third-order valence-corrected chi connectivity index (χ3v) is 5.12. The Morgan fingerprint density at radius 3 is 2.94 bits per heavy atom. The van der Waals surface area contributed by atoms with E-state index in [2.05, 4.69) is 40.4 Å². The van der Waals surface area contributed by atoms with Gasteiger partial charge in [-0.1, -0.05) is 0 Å². The van der Waals surface area contributed by atoms with Crippen molar-refractivity contribution in [3.05, 3.63) is 20.8 Å². The molecule has 0 amide bonds. The molecule has 0 saturated carbocycles. The van der Waals surface area contributed by atoms with E-state index in [1.807, 2.05) is 0 Å². The SMILES string of the molecule is CC1(C(Cc2ccc(Br)s2)NN)CCCCO1. The fourth-order valence-electron chi connectivity index (χ4n) is 2.34. The minimum atomic E-state index is -0.135. The molecule has 1 aliphatic rings. The lowest BCUT2D eigenvalue weighted by molar-refractivity contribution is -0.0883. The predicted molar refractivity (Wildman–Crippen MR) is 75.0 cm³/mol. The smallest absolute Gasteiger partial charge is 0.0823 e. The lowest BCUT2D eigenvalue weighted by Gasteiger charge is -2.40. The average molecular weight is 319 g/mol. The van der Waals surface area contributed by atoms with Crippen molar-refractivity contribution in [1.29, 1.82) is 0 Å². The molecule has 1 fully saturated rings. The van der Waals surface area contributed by atoms with Crippen LogP contribution in [0.25, 0.3) is 0 Å². The van der Waals surface area contributed by atoms with Crippen LogP contribution >= 0.6 is 27.3 Å². The summed E-state index contributed by atoms with van der Waals surface area (Å²) >= 11 is 5.25. The van der Waals surface area contributed by atoms with Crippen molar-refractivity contribution in [3.8, 4) is 0 Å². The van der Waals surface area contributed by atoms with E-state index in [0.717, 1.165) is 29.7 Å². The molecule has 17 heavy (non-hydrogen) atoms. The zero-order valence-corrected chi connectivity index (χ0v) is 12.4. The van der Waals surface area contributed by atoms with Gasteiger partial charge in [-0.3, -0.25) is 11.3 Å². The van der Waals surface area contributed by atoms with Crippen LogP contribution in [0.2, 0.25) is 0 Å². The van der Waals surface area contributed by atoms with Gasteiger partial charge in [-0.25, -0.2) is 0 Å². The minimum Gasteiger partial charge on any atom is -0.374 e. The third kappa shape index (κ3) is 3.29. The van der Waals surface area contributed by atoms with Crippen molar-refractivity contribution in [2.45, 2.75) is 44.2 Å². The second-order valence-corrected chi connectivity index (χ2v) is 7.29. The summed E-state index contributed by atoms with van der Waals surface area (Å²) in [5.41, 5.74) is 2.80. The first-order valence-electron chi connectivity index (χ1n) is 5.98. The molecule has 96 valence electrons. The first-order valence-corrected chi connectivity index (χ1v) is 7.59. The highest BCUT2D eigenvalue weighted by Gasteiger charge is 2.36. The van der Waals surface area contributed by atoms with Crippen LogP contribution < -0.4 is 11.3 Å². The first-order chi connectivity index (χ1) is 8.14. The van der Waals surface area contributed by atoms with Gasteiger partial charge in [0, 0.05) is 17.9 Å². The molecule has 3 nitrogen and oxygen atoms in total. The standard InChI is InChI=1S/C12H19BrN2OS/c1-12(6-2-3-7-16-12)10(15-14)8-9-4-5-11(13)17-9/h4-5,10,15H,2-3,6-8,14H2,1H3. The van der Waals surface area contributed by atoms with E-state index in [4.69, 9.17) is 10.6 Å². The van der Waals surface area contributed by atoms with Crippen LogP contribution in [0.15, 0.2) is 15.9 Å². The summed E-state index contributed by atoms with van der Waals surface area (Å²) in [7, 11) is 0. The Kier molecular flexibility index (Phi) is 4.60. The van der Waals surface area contributed by atoms with Gasteiger partial charge >= 0.3 is 0 Å². The molecule has 3 N–H and O–H groups in total. The summed E-state index contributed by atoms with van der Waals surface area (Å²) in [5.74, 6) is 5.71. The van der Waals surface area contributed by atoms with E-state index >= 15 is 0 Å². The second-order valence-electron chi connectivity index (χ2n) is 4.75. The highest BCUT2D eigenvalue weighted by molar-refractivity contribution is 9.11. The molecule has 0 aromatic carbocycles. The Morgan fingerprint density at radius 2 is 2.41 bits per heavy atom. The molecule has 1 aromatic rings. The fourth-order valence-corrected chi connectivity index (χ4v) is 3.87. The van der Waals surface area contributed by atoms with E-state index in [9.17, 15) is 0 Å². The molecule has 5 heteroatoms. The van der Waals surface area contributed by atoms with Crippen LogP contribution in [-0.4, -0.2) is 18.2 Å². The normalized spacial score (nSPS) is 27.0. The number of nitrogens with one attached hydrogen (secondary N) is 1. The first kappa shape index (κ1) is 13.5. The summed E-state index contributed by atoms with van der Waals surface area (Å²) in [6.45, 7) is 3.02. The van der Waals surface area contributed by atoms with E-state index in [0.29, 0.717) is 0 Å². The zero-order chi connectivity index (χ0) is 12.3. The number of hydrogen-bond acceptors (Lipinski definition) is 4. The van der Waals surface area contributed by atoms with Crippen LogP contribution in [0, 0.1) is 0 Å². The van der Waals surface area contributed by atoms with Gasteiger partial charge in [0.05, 0.1) is 15.4 Å². The van der Waals surface area contributed by atoms with E-state index in [-0.39, 0.29) is 11.6 Å². The molecule has 0 bridgehead atoms. The van der Waals surface area contributed by atoms with E-state index in [1.54, 1.807) is 11.3 Å². The highest BCUT2D eigenvalue weighted by atomic mass is 79.9. The van der Waals surface area contributed by atoms with Gasteiger partial charge in [-0.15, -0.1) is 11.3 Å². The Balaban J connectivity index is 2.05. The van der Waals surface area contributed by atoms with Crippen molar-refractivity contribution in [2.24, 2.45) is 5.84 Å². The van der Waals surface area contributed by atoms with Crippen LogP contribution in [-0.2, 0) is 11.2 Å². The monoisotopic (exact) mass is 318 g/mol. The van der Waals surface area contributed by atoms with Crippen LogP contribution in [0.4, 0.5) is 0 Å². The topological polar surface area (TPSA) is 47.3 Å². The molecule has 0 aliphatic carbocycles. The second kappa shape index (κ2) is 5.80. The number of nitrogens with two attached hydrogens (primary N) is 1. The number of ether oxygens (including phenoxy) is 1. The fraction of sp³-hybridized carbons (Fsp3) is 0.667. The van der Waals surface area contributed by atoms with E-state index < -0.39 is 0 Å². The van der Waals surface area contributed by atoms with Crippen molar-refractivity contribution in [2.75, 3.05) is 6.61 Å². The summed E-state index contributed by atoms with van der Waals surface area (Å²) in [5, 5.41) is 0. The van der Waals surface area contributed by atoms with Crippen molar-refractivity contribution in [1.82, 2.24) is 5.43 Å². The van der Waals surface area contributed by atoms with Gasteiger partial charge in [0.1, 0.15) is 0 Å². The molecule has 2 atom stereocenters. The number of halogens is 1. The molecule has 1 aromatic heterocycles. The molecule has 0 spiro atoms. The number of hydrogen-bond donors (Lipinski definition) is 2. The van der Waals surface area contributed by atoms with Gasteiger partial charge < -0.3 is 4.74 Å². The Bertz CT molecular complexity index is 363. The van der Waals surface area contributed by atoms with Crippen molar-refractivity contribution in [3.63, 3.8) is 0 Å². The minimum absolute atomic E-state index is 0.135. The van der Waals surface area contributed by atoms with E-state index in [1.165, 1.54) is 11.3 Å². The maximum Gasteiger partial charge on any atom is 0.0823 e. The lowest BCUT2D eigenvalue weighted by Crippen LogP contribution is -2.55. The van der Waals surface area contributed by atoms with Crippen molar-refractivity contribution >= 4 is 27.3 Å². The molecule has 2 unspecified atom stereocenters. The Morgan fingerprint density at radius 1 is 1.59 bits per heavy atom. The summed E-state index contributed by atoms with van der Waals surface area (Å²) in [6, 6.07) is 4.40. The Labute approximate surface area is 115 Å². The number of thiophene rings is 1. The molecule has 2 heterocycles. The molecule has 0 radical (unpaired) electrons. The number of hydrazine groups is 1. The third-order valence-electron chi connectivity index (χ3n) is 3.47.